The first kappa shape index (κ1) is 14.8. The van der Waals surface area contributed by atoms with Crippen LogP contribution in [0, 0.1) is 11.8 Å². The van der Waals surface area contributed by atoms with Crippen molar-refractivity contribution in [1.29, 1.82) is 0 Å². The first-order chi connectivity index (χ1) is 9.13. The predicted octanol–water partition coefficient (Wildman–Crippen LogP) is 1.78. The molecular formula is C15H28N2O2. The monoisotopic (exact) mass is 268 g/mol. The molecule has 0 bridgehead atoms. The van der Waals surface area contributed by atoms with E-state index in [0.29, 0.717) is 12.0 Å². The number of nitrogens with two attached hydrogens (primary N) is 1. The summed E-state index contributed by atoms with van der Waals surface area (Å²) in [6.07, 6.45) is 5.55. The maximum Gasteiger partial charge on any atom is 0.227 e. The second-order valence-corrected chi connectivity index (χ2v) is 6.07. The van der Waals surface area contributed by atoms with Gasteiger partial charge in [-0.15, -0.1) is 0 Å². The van der Waals surface area contributed by atoms with Gasteiger partial charge < -0.3 is 15.4 Å². The van der Waals surface area contributed by atoms with E-state index in [2.05, 4.69) is 6.92 Å². The molecule has 2 aliphatic rings. The molecule has 0 aromatic carbocycles. The number of carbonyl (C=O) groups excluding carboxylic acids is 1. The van der Waals surface area contributed by atoms with Gasteiger partial charge in [0.25, 0.3) is 0 Å². The topological polar surface area (TPSA) is 55.6 Å². The summed E-state index contributed by atoms with van der Waals surface area (Å²) >= 11 is 0. The Morgan fingerprint density at radius 2 is 1.95 bits per heavy atom. The molecule has 1 saturated heterocycles. The van der Waals surface area contributed by atoms with E-state index >= 15 is 0 Å². The van der Waals surface area contributed by atoms with E-state index in [4.69, 9.17) is 10.5 Å². The van der Waals surface area contributed by atoms with Crippen LogP contribution in [-0.4, -0.2) is 42.6 Å². The van der Waals surface area contributed by atoms with Gasteiger partial charge in [-0.3, -0.25) is 4.79 Å². The highest BCUT2D eigenvalue weighted by Crippen LogP contribution is 2.30. The van der Waals surface area contributed by atoms with Gasteiger partial charge in [-0.1, -0.05) is 13.3 Å². The minimum atomic E-state index is 0.0471. The molecule has 4 heteroatoms. The Labute approximate surface area is 116 Å². The Hall–Kier alpha value is -0.610. The highest BCUT2D eigenvalue weighted by Gasteiger charge is 2.36. The lowest BCUT2D eigenvalue weighted by molar-refractivity contribution is -0.140. The van der Waals surface area contributed by atoms with Gasteiger partial charge in [-0.05, 0) is 38.5 Å². The number of rotatable bonds is 3. The van der Waals surface area contributed by atoms with Gasteiger partial charge in [-0.25, -0.2) is 0 Å². The lowest BCUT2D eigenvalue weighted by Gasteiger charge is -2.38. The van der Waals surface area contributed by atoms with Crippen molar-refractivity contribution >= 4 is 5.91 Å². The largest absolute Gasteiger partial charge is 0.378 e. The summed E-state index contributed by atoms with van der Waals surface area (Å²) in [6.45, 7) is 6.64. The van der Waals surface area contributed by atoms with Crippen LogP contribution in [0.4, 0.5) is 0 Å². The number of amides is 1. The van der Waals surface area contributed by atoms with Crippen LogP contribution >= 0.6 is 0 Å². The summed E-state index contributed by atoms with van der Waals surface area (Å²) in [5.41, 5.74) is 6.23. The van der Waals surface area contributed by atoms with Gasteiger partial charge in [0.2, 0.25) is 5.91 Å². The fourth-order valence-corrected chi connectivity index (χ4v) is 3.44. The number of hydrogen-bond acceptors (Lipinski definition) is 3. The van der Waals surface area contributed by atoms with Crippen LogP contribution in [0.1, 0.15) is 46.0 Å². The highest BCUT2D eigenvalue weighted by atomic mass is 16.5. The summed E-state index contributed by atoms with van der Waals surface area (Å²) in [7, 11) is 0. The van der Waals surface area contributed by atoms with Crippen molar-refractivity contribution in [1.82, 2.24) is 4.90 Å². The van der Waals surface area contributed by atoms with E-state index in [1.807, 2.05) is 11.8 Å². The average molecular weight is 268 g/mol. The second-order valence-electron chi connectivity index (χ2n) is 6.07. The normalized spacial score (nSPS) is 33.4. The zero-order chi connectivity index (χ0) is 13.8. The second kappa shape index (κ2) is 6.71. The van der Waals surface area contributed by atoms with Gasteiger partial charge in [0.05, 0.1) is 12.0 Å². The third-order valence-corrected chi connectivity index (χ3v) is 4.77. The number of piperidine rings is 1. The Bertz CT molecular complexity index is 301. The average Bonchev–Trinajstić information content (AvgIpc) is 2.42. The molecule has 2 rings (SSSR count). The molecule has 0 aromatic rings. The van der Waals surface area contributed by atoms with Gasteiger partial charge >= 0.3 is 0 Å². The zero-order valence-electron chi connectivity index (χ0n) is 12.3. The van der Waals surface area contributed by atoms with Gasteiger partial charge in [0.15, 0.2) is 0 Å². The van der Waals surface area contributed by atoms with Crippen LogP contribution in [0.3, 0.4) is 0 Å². The Kier molecular flexibility index (Phi) is 5.22. The van der Waals surface area contributed by atoms with Crippen molar-refractivity contribution < 1.29 is 9.53 Å². The fourth-order valence-electron chi connectivity index (χ4n) is 3.44. The maximum atomic E-state index is 12.6. The van der Waals surface area contributed by atoms with Crippen molar-refractivity contribution in [2.24, 2.45) is 17.6 Å². The predicted molar refractivity (Wildman–Crippen MR) is 75.7 cm³/mol. The van der Waals surface area contributed by atoms with Crippen molar-refractivity contribution in [3.63, 3.8) is 0 Å². The number of carbonyl (C=O) groups is 1. The molecule has 110 valence electrons. The zero-order valence-corrected chi connectivity index (χ0v) is 12.3. The number of nitrogens with zero attached hydrogens (tertiary/aromatic N) is 1. The van der Waals surface area contributed by atoms with Crippen LogP contribution in [0.2, 0.25) is 0 Å². The van der Waals surface area contributed by atoms with E-state index in [0.717, 1.165) is 51.8 Å². The summed E-state index contributed by atoms with van der Waals surface area (Å²) in [5.74, 6) is 0.810. The lowest BCUT2D eigenvalue weighted by Crippen LogP contribution is -2.51. The van der Waals surface area contributed by atoms with E-state index in [-0.39, 0.29) is 17.9 Å². The third-order valence-electron chi connectivity index (χ3n) is 4.77. The molecule has 3 unspecified atom stereocenters. The van der Waals surface area contributed by atoms with Gasteiger partial charge in [0.1, 0.15) is 0 Å². The molecule has 1 aliphatic carbocycles. The van der Waals surface area contributed by atoms with Crippen LogP contribution in [-0.2, 0) is 9.53 Å². The van der Waals surface area contributed by atoms with Crippen LogP contribution in [0.5, 0.6) is 0 Å². The minimum Gasteiger partial charge on any atom is -0.378 e. The first-order valence-corrected chi connectivity index (χ1v) is 7.79. The molecule has 19 heavy (non-hydrogen) atoms. The van der Waals surface area contributed by atoms with E-state index < -0.39 is 0 Å². The number of hydrogen-bond donors (Lipinski definition) is 1. The third kappa shape index (κ3) is 3.48. The quantitative estimate of drug-likeness (QED) is 0.849. The minimum absolute atomic E-state index is 0.0471. The molecule has 1 aliphatic heterocycles. The van der Waals surface area contributed by atoms with Crippen molar-refractivity contribution in [3.8, 4) is 0 Å². The van der Waals surface area contributed by atoms with Gasteiger partial charge in [0, 0.05) is 25.7 Å². The molecule has 4 nitrogen and oxygen atoms in total. The van der Waals surface area contributed by atoms with E-state index in [9.17, 15) is 4.79 Å². The summed E-state index contributed by atoms with van der Waals surface area (Å²) < 4.78 is 5.63. The van der Waals surface area contributed by atoms with Crippen molar-refractivity contribution in [2.75, 3.05) is 19.7 Å². The molecule has 0 aromatic heterocycles. The van der Waals surface area contributed by atoms with E-state index in [1.165, 1.54) is 0 Å². The Balaban J connectivity index is 1.86. The molecule has 2 fully saturated rings. The number of likely N-dealkylation sites (tertiary alicyclic amines) is 1. The highest BCUT2D eigenvalue weighted by molar-refractivity contribution is 5.79. The molecule has 1 amide bonds. The Morgan fingerprint density at radius 3 is 2.58 bits per heavy atom. The smallest absolute Gasteiger partial charge is 0.227 e. The molecular weight excluding hydrogens is 240 g/mol. The van der Waals surface area contributed by atoms with Crippen molar-refractivity contribution in [3.05, 3.63) is 0 Å². The molecule has 1 heterocycles. The number of ether oxygens (including phenoxy) is 1. The standard InChI is InChI=1S/C15H28N2O2/c1-3-19-12-7-9-17(10-8-12)15(18)13-6-4-5-11(2)14(13)16/h11-14H,3-10,16H2,1-2H3. The van der Waals surface area contributed by atoms with Crippen molar-refractivity contribution in [2.45, 2.75) is 58.1 Å². The Morgan fingerprint density at radius 1 is 1.26 bits per heavy atom. The fraction of sp³-hybridized carbons (Fsp3) is 0.933. The van der Waals surface area contributed by atoms with Gasteiger partial charge in [-0.2, -0.15) is 0 Å². The van der Waals surface area contributed by atoms with Crippen LogP contribution < -0.4 is 5.73 Å². The SMILES string of the molecule is CCOC1CCN(C(=O)C2CCCC(C)C2N)CC1. The summed E-state index contributed by atoms with van der Waals surface area (Å²) in [4.78, 5) is 14.6. The summed E-state index contributed by atoms with van der Waals surface area (Å²) in [5, 5.41) is 0. The first-order valence-electron chi connectivity index (χ1n) is 7.79. The molecule has 3 atom stereocenters. The van der Waals surface area contributed by atoms with Crippen LogP contribution in [0.15, 0.2) is 0 Å². The maximum absolute atomic E-state index is 12.6. The molecule has 0 radical (unpaired) electrons. The van der Waals surface area contributed by atoms with Crippen LogP contribution in [0.25, 0.3) is 0 Å². The molecule has 0 spiro atoms. The molecule has 2 N–H and O–H groups in total. The lowest BCUT2D eigenvalue weighted by atomic mass is 9.77. The molecule has 1 saturated carbocycles. The summed E-state index contributed by atoms with van der Waals surface area (Å²) in [6, 6.07) is 0.0471. The van der Waals surface area contributed by atoms with E-state index in [1.54, 1.807) is 0 Å².